The summed E-state index contributed by atoms with van der Waals surface area (Å²) in [6.45, 7) is 7.13. The first-order valence-electron chi connectivity index (χ1n) is 9.91. The van der Waals surface area contributed by atoms with Gasteiger partial charge < -0.3 is 19.7 Å². The van der Waals surface area contributed by atoms with Gasteiger partial charge in [0, 0.05) is 30.4 Å². The van der Waals surface area contributed by atoms with Crippen molar-refractivity contribution in [1.82, 2.24) is 5.32 Å². The van der Waals surface area contributed by atoms with Crippen LogP contribution in [0, 0.1) is 6.92 Å². The normalized spacial score (nSPS) is 11.6. The maximum atomic E-state index is 13.1. The molecule has 0 saturated heterocycles. The van der Waals surface area contributed by atoms with Crippen molar-refractivity contribution in [3.63, 3.8) is 0 Å². The number of carbonyl (C=O) groups excluding carboxylic acids is 2. The molecule has 0 radical (unpaired) electrons. The Morgan fingerprint density at radius 3 is 2.23 bits per heavy atom. The van der Waals surface area contributed by atoms with Crippen LogP contribution in [-0.4, -0.2) is 37.8 Å². The van der Waals surface area contributed by atoms with Crippen LogP contribution < -0.4 is 15.0 Å². The highest BCUT2D eigenvalue weighted by Crippen LogP contribution is 2.19. The van der Waals surface area contributed by atoms with Gasteiger partial charge in [-0.25, -0.2) is 9.18 Å². The summed E-state index contributed by atoms with van der Waals surface area (Å²) in [6, 6.07) is 14.3. The topological polar surface area (TPSA) is 67.9 Å². The first-order chi connectivity index (χ1) is 14.6. The van der Waals surface area contributed by atoms with E-state index in [1.807, 2.05) is 31.2 Å². The summed E-state index contributed by atoms with van der Waals surface area (Å²) in [7, 11) is 1.72. The molecule has 6 nitrogen and oxygen atoms in total. The van der Waals surface area contributed by atoms with Gasteiger partial charge in [-0.2, -0.15) is 0 Å². The van der Waals surface area contributed by atoms with Crippen molar-refractivity contribution >= 4 is 17.7 Å². The number of halogens is 1. The Labute approximate surface area is 182 Å². The number of nitrogens with one attached hydrogen (secondary N) is 1. The van der Waals surface area contributed by atoms with Crippen LogP contribution in [0.4, 0.5) is 14.9 Å². The minimum atomic E-state index is -0.632. The van der Waals surface area contributed by atoms with E-state index in [0.717, 1.165) is 11.3 Å². The highest BCUT2D eigenvalue weighted by molar-refractivity contribution is 6.05. The molecular formula is C24H29FN2O4. The largest absolute Gasteiger partial charge is 0.489 e. The number of anilines is 1. The van der Waals surface area contributed by atoms with E-state index in [0.29, 0.717) is 17.6 Å². The average molecular weight is 429 g/mol. The van der Waals surface area contributed by atoms with Gasteiger partial charge in [0.1, 0.15) is 18.0 Å². The lowest BCUT2D eigenvalue weighted by Crippen LogP contribution is -2.34. The Morgan fingerprint density at radius 1 is 1.06 bits per heavy atom. The fraction of sp³-hybridized carbons (Fsp3) is 0.333. The van der Waals surface area contributed by atoms with Crippen LogP contribution in [0.2, 0.25) is 0 Å². The molecule has 0 atom stereocenters. The fourth-order valence-electron chi connectivity index (χ4n) is 2.57. The summed E-state index contributed by atoms with van der Waals surface area (Å²) in [4.78, 5) is 25.9. The van der Waals surface area contributed by atoms with Crippen molar-refractivity contribution in [1.29, 1.82) is 0 Å². The number of hydrogen-bond donors (Lipinski definition) is 1. The summed E-state index contributed by atoms with van der Waals surface area (Å²) in [5.41, 5.74) is 2.03. The molecule has 7 heteroatoms. The highest BCUT2D eigenvalue weighted by atomic mass is 19.1. The number of amides is 2. The van der Waals surface area contributed by atoms with Crippen molar-refractivity contribution in [3.8, 4) is 5.75 Å². The molecular weight excluding hydrogens is 399 g/mol. The van der Waals surface area contributed by atoms with Crippen LogP contribution in [0.5, 0.6) is 5.75 Å². The summed E-state index contributed by atoms with van der Waals surface area (Å²) < 4.78 is 23.8. The van der Waals surface area contributed by atoms with E-state index in [2.05, 4.69) is 5.32 Å². The Morgan fingerprint density at radius 2 is 1.68 bits per heavy atom. The Balaban J connectivity index is 1.89. The van der Waals surface area contributed by atoms with Gasteiger partial charge in [-0.3, -0.25) is 4.79 Å². The lowest BCUT2D eigenvalue weighted by Gasteiger charge is -2.20. The SMILES string of the molecule is Cc1ccc(N(C)C(=O)c2ccc(OC/C(=C\F)CNC(=O)OC(C)(C)C)cc2)cc1. The molecule has 166 valence electrons. The summed E-state index contributed by atoms with van der Waals surface area (Å²) in [5.74, 6) is 0.326. The van der Waals surface area contributed by atoms with Crippen LogP contribution in [-0.2, 0) is 4.74 Å². The van der Waals surface area contributed by atoms with Crippen LogP contribution in [0.3, 0.4) is 0 Å². The van der Waals surface area contributed by atoms with Crippen molar-refractivity contribution in [2.45, 2.75) is 33.3 Å². The number of carbonyl (C=O) groups is 2. The van der Waals surface area contributed by atoms with E-state index >= 15 is 0 Å². The first-order valence-corrected chi connectivity index (χ1v) is 9.91. The van der Waals surface area contributed by atoms with E-state index in [9.17, 15) is 14.0 Å². The quantitative estimate of drug-likeness (QED) is 0.672. The van der Waals surface area contributed by atoms with Gasteiger partial charge in [-0.15, -0.1) is 0 Å². The monoisotopic (exact) mass is 428 g/mol. The van der Waals surface area contributed by atoms with E-state index in [1.165, 1.54) is 0 Å². The van der Waals surface area contributed by atoms with Crippen molar-refractivity contribution in [3.05, 3.63) is 71.6 Å². The van der Waals surface area contributed by atoms with E-state index in [1.54, 1.807) is 57.0 Å². The van der Waals surface area contributed by atoms with Crippen molar-refractivity contribution < 1.29 is 23.5 Å². The zero-order valence-corrected chi connectivity index (χ0v) is 18.6. The number of ether oxygens (including phenoxy) is 2. The minimum absolute atomic E-state index is 0.0384. The molecule has 31 heavy (non-hydrogen) atoms. The molecule has 0 aliphatic rings. The van der Waals surface area contributed by atoms with Gasteiger partial charge in [-0.05, 0) is 64.1 Å². The third-order valence-electron chi connectivity index (χ3n) is 4.26. The molecule has 0 aliphatic carbocycles. The first kappa shape index (κ1) is 23.9. The lowest BCUT2D eigenvalue weighted by atomic mass is 10.1. The van der Waals surface area contributed by atoms with Gasteiger partial charge in [0.15, 0.2) is 0 Å². The predicted octanol–water partition coefficient (Wildman–Crippen LogP) is 5.03. The number of alkyl carbamates (subject to hydrolysis) is 1. The standard InChI is InChI=1S/C24H29FN2O4/c1-17-6-10-20(11-7-17)27(5)22(28)19-8-12-21(13-9-19)30-16-18(14-25)15-26-23(29)31-24(2,3)4/h6-14H,15-16H2,1-5H3,(H,26,29)/b18-14-. The minimum Gasteiger partial charge on any atom is -0.489 e. The van der Waals surface area contributed by atoms with E-state index in [4.69, 9.17) is 9.47 Å². The number of benzene rings is 2. The van der Waals surface area contributed by atoms with Crippen LogP contribution in [0.1, 0.15) is 36.7 Å². The Bertz CT molecular complexity index is 916. The Kier molecular flexibility index (Phi) is 8.19. The number of aryl methyl sites for hydroxylation is 1. The van der Waals surface area contributed by atoms with Gasteiger partial charge in [0.05, 0.1) is 6.33 Å². The molecule has 0 fully saturated rings. The highest BCUT2D eigenvalue weighted by Gasteiger charge is 2.16. The third-order valence-corrected chi connectivity index (χ3v) is 4.26. The molecule has 0 aliphatic heterocycles. The molecule has 2 rings (SSSR count). The number of hydrogen-bond acceptors (Lipinski definition) is 4. The molecule has 0 saturated carbocycles. The fourth-order valence-corrected chi connectivity index (χ4v) is 2.57. The van der Waals surface area contributed by atoms with Gasteiger partial charge in [-0.1, -0.05) is 17.7 Å². The second-order valence-corrected chi connectivity index (χ2v) is 8.14. The second kappa shape index (κ2) is 10.6. The summed E-state index contributed by atoms with van der Waals surface area (Å²) in [5, 5.41) is 2.48. The molecule has 0 heterocycles. The maximum Gasteiger partial charge on any atom is 0.407 e. The zero-order chi connectivity index (χ0) is 23.0. The van der Waals surface area contributed by atoms with Crippen LogP contribution in [0.15, 0.2) is 60.4 Å². The smallest absolute Gasteiger partial charge is 0.407 e. The lowest BCUT2D eigenvalue weighted by molar-refractivity contribution is 0.0531. The second-order valence-electron chi connectivity index (χ2n) is 8.14. The van der Waals surface area contributed by atoms with Gasteiger partial charge in [0.25, 0.3) is 5.91 Å². The molecule has 2 aromatic rings. The van der Waals surface area contributed by atoms with Crippen molar-refractivity contribution in [2.24, 2.45) is 0 Å². The van der Waals surface area contributed by atoms with Gasteiger partial charge in [0.2, 0.25) is 0 Å². The van der Waals surface area contributed by atoms with Crippen molar-refractivity contribution in [2.75, 3.05) is 25.1 Å². The van der Waals surface area contributed by atoms with E-state index < -0.39 is 11.7 Å². The molecule has 0 bridgehead atoms. The average Bonchev–Trinajstić information content (AvgIpc) is 2.72. The van der Waals surface area contributed by atoms with E-state index in [-0.39, 0.29) is 24.6 Å². The maximum absolute atomic E-state index is 13.1. The Hall–Kier alpha value is -3.35. The molecule has 1 N–H and O–H groups in total. The zero-order valence-electron chi connectivity index (χ0n) is 18.6. The third kappa shape index (κ3) is 7.77. The molecule has 0 aromatic heterocycles. The summed E-state index contributed by atoms with van der Waals surface area (Å²) >= 11 is 0. The molecule has 2 amide bonds. The number of nitrogens with zero attached hydrogens (tertiary/aromatic N) is 1. The van der Waals surface area contributed by atoms with Crippen LogP contribution in [0.25, 0.3) is 0 Å². The predicted molar refractivity (Wildman–Crippen MR) is 119 cm³/mol. The van der Waals surface area contributed by atoms with Crippen LogP contribution >= 0.6 is 0 Å². The summed E-state index contributed by atoms with van der Waals surface area (Å²) in [6.07, 6.45) is -0.237. The number of rotatable bonds is 7. The van der Waals surface area contributed by atoms with Gasteiger partial charge >= 0.3 is 6.09 Å². The molecule has 2 aromatic carbocycles. The molecule has 0 spiro atoms. The molecule has 0 unspecified atom stereocenters.